The van der Waals surface area contributed by atoms with Crippen molar-refractivity contribution >= 4 is 17.5 Å². The molecule has 0 spiro atoms. The third-order valence-electron chi connectivity index (χ3n) is 2.39. The Bertz CT molecular complexity index is 427. The summed E-state index contributed by atoms with van der Waals surface area (Å²) in [5.74, 6) is -0.211. The summed E-state index contributed by atoms with van der Waals surface area (Å²) in [6.07, 6.45) is 0.285. The van der Waals surface area contributed by atoms with E-state index in [0.29, 0.717) is 6.54 Å². The van der Waals surface area contributed by atoms with Crippen LogP contribution >= 0.6 is 0 Å². The van der Waals surface area contributed by atoms with Crippen molar-refractivity contribution in [3.05, 3.63) is 29.3 Å². The molecule has 4 heteroatoms. The Kier molecular flexibility index (Phi) is 4.69. The lowest BCUT2D eigenvalue weighted by atomic mass is 10.1. The number of anilines is 1. The highest BCUT2D eigenvalue weighted by Crippen LogP contribution is 2.16. The maximum atomic E-state index is 11.6. The SMILES string of the molecule is CC(=O)NCCC(=O)Nc1cc(C)ccc1C. The number of carbonyl (C=O) groups is 2. The molecule has 0 aliphatic rings. The average Bonchev–Trinajstić information content (AvgIpc) is 2.23. The van der Waals surface area contributed by atoms with Gasteiger partial charge in [-0.2, -0.15) is 0 Å². The van der Waals surface area contributed by atoms with E-state index in [9.17, 15) is 9.59 Å². The van der Waals surface area contributed by atoms with Crippen molar-refractivity contribution in [1.29, 1.82) is 0 Å². The molecule has 0 aliphatic heterocycles. The van der Waals surface area contributed by atoms with E-state index >= 15 is 0 Å². The number of rotatable bonds is 4. The predicted octanol–water partition coefficient (Wildman–Crippen LogP) is 1.77. The van der Waals surface area contributed by atoms with Crippen LogP contribution in [0.2, 0.25) is 0 Å². The Morgan fingerprint density at radius 1 is 1.24 bits per heavy atom. The Morgan fingerprint density at radius 2 is 1.94 bits per heavy atom. The van der Waals surface area contributed by atoms with Gasteiger partial charge in [0.05, 0.1) is 0 Å². The molecular weight excluding hydrogens is 216 g/mol. The van der Waals surface area contributed by atoms with Crippen LogP contribution in [0.4, 0.5) is 5.69 Å². The van der Waals surface area contributed by atoms with Crippen LogP contribution in [0.5, 0.6) is 0 Å². The molecule has 1 rings (SSSR count). The first-order valence-corrected chi connectivity index (χ1v) is 5.60. The van der Waals surface area contributed by atoms with E-state index in [0.717, 1.165) is 16.8 Å². The maximum Gasteiger partial charge on any atom is 0.226 e. The number of amides is 2. The van der Waals surface area contributed by atoms with E-state index < -0.39 is 0 Å². The molecular formula is C13H18N2O2. The number of nitrogens with one attached hydrogen (secondary N) is 2. The molecule has 0 aromatic heterocycles. The van der Waals surface area contributed by atoms with Crippen LogP contribution in [0.1, 0.15) is 24.5 Å². The van der Waals surface area contributed by atoms with Gasteiger partial charge in [0.15, 0.2) is 0 Å². The fourth-order valence-electron chi connectivity index (χ4n) is 1.44. The van der Waals surface area contributed by atoms with E-state index in [1.165, 1.54) is 6.92 Å². The predicted molar refractivity (Wildman–Crippen MR) is 67.8 cm³/mol. The highest BCUT2D eigenvalue weighted by Gasteiger charge is 2.05. The van der Waals surface area contributed by atoms with Gasteiger partial charge in [-0.1, -0.05) is 12.1 Å². The first-order chi connectivity index (χ1) is 7.99. The molecule has 0 atom stereocenters. The molecule has 92 valence electrons. The third-order valence-corrected chi connectivity index (χ3v) is 2.39. The number of hydrogen-bond donors (Lipinski definition) is 2. The summed E-state index contributed by atoms with van der Waals surface area (Å²) in [5, 5.41) is 5.42. The Balaban J connectivity index is 2.50. The Morgan fingerprint density at radius 3 is 2.59 bits per heavy atom. The minimum Gasteiger partial charge on any atom is -0.356 e. The molecule has 17 heavy (non-hydrogen) atoms. The summed E-state index contributed by atoms with van der Waals surface area (Å²) in [4.78, 5) is 22.2. The molecule has 2 N–H and O–H groups in total. The van der Waals surface area contributed by atoms with Crippen LogP contribution in [0.15, 0.2) is 18.2 Å². The van der Waals surface area contributed by atoms with Gasteiger partial charge in [0, 0.05) is 25.6 Å². The van der Waals surface area contributed by atoms with E-state index in [2.05, 4.69) is 10.6 Å². The van der Waals surface area contributed by atoms with Crippen molar-refractivity contribution in [2.24, 2.45) is 0 Å². The first-order valence-electron chi connectivity index (χ1n) is 5.60. The second-order valence-corrected chi connectivity index (χ2v) is 4.10. The standard InChI is InChI=1S/C13H18N2O2/c1-9-4-5-10(2)12(8-9)15-13(17)6-7-14-11(3)16/h4-5,8H,6-7H2,1-3H3,(H,14,16)(H,15,17). The highest BCUT2D eigenvalue weighted by molar-refractivity contribution is 5.91. The van der Waals surface area contributed by atoms with Gasteiger partial charge in [-0.25, -0.2) is 0 Å². The number of carbonyl (C=O) groups excluding carboxylic acids is 2. The largest absolute Gasteiger partial charge is 0.356 e. The van der Waals surface area contributed by atoms with Crippen molar-refractivity contribution in [2.75, 3.05) is 11.9 Å². The molecule has 0 aliphatic carbocycles. The van der Waals surface area contributed by atoms with E-state index in [1.807, 2.05) is 32.0 Å². The molecule has 0 radical (unpaired) electrons. The lowest BCUT2D eigenvalue weighted by Crippen LogP contribution is -2.25. The zero-order valence-corrected chi connectivity index (χ0v) is 10.5. The molecule has 0 saturated carbocycles. The molecule has 4 nitrogen and oxygen atoms in total. The summed E-state index contributed by atoms with van der Waals surface area (Å²) in [5.41, 5.74) is 2.97. The van der Waals surface area contributed by atoms with Crippen LogP contribution in [-0.2, 0) is 9.59 Å². The molecule has 0 unspecified atom stereocenters. The number of aryl methyl sites for hydroxylation is 2. The van der Waals surface area contributed by atoms with Gasteiger partial charge in [0.25, 0.3) is 0 Å². The van der Waals surface area contributed by atoms with Crippen molar-refractivity contribution in [3.63, 3.8) is 0 Å². The lowest BCUT2D eigenvalue weighted by molar-refractivity contribution is -0.119. The van der Waals surface area contributed by atoms with E-state index in [4.69, 9.17) is 0 Å². The second-order valence-electron chi connectivity index (χ2n) is 4.10. The zero-order valence-electron chi connectivity index (χ0n) is 10.5. The minimum absolute atomic E-state index is 0.0903. The fourth-order valence-corrected chi connectivity index (χ4v) is 1.44. The van der Waals surface area contributed by atoms with Gasteiger partial charge in [-0.3, -0.25) is 9.59 Å². The van der Waals surface area contributed by atoms with Crippen molar-refractivity contribution < 1.29 is 9.59 Å². The van der Waals surface area contributed by atoms with E-state index in [-0.39, 0.29) is 18.2 Å². The van der Waals surface area contributed by atoms with Gasteiger partial charge < -0.3 is 10.6 Å². The zero-order chi connectivity index (χ0) is 12.8. The van der Waals surface area contributed by atoms with Gasteiger partial charge in [0.2, 0.25) is 11.8 Å². The van der Waals surface area contributed by atoms with Crippen LogP contribution in [0, 0.1) is 13.8 Å². The van der Waals surface area contributed by atoms with Gasteiger partial charge in [0.1, 0.15) is 0 Å². The first kappa shape index (κ1) is 13.2. The topological polar surface area (TPSA) is 58.2 Å². The van der Waals surface area contributed by atoms with Gasteiger partial charge in [-0.05, 0) is 31.0 Å². The molecule has 0 heterocycles. The van der Waals surface area contributed by atoms with Crippen molar-refractivity contribution in [3.8, 4) is 0 Å². The normalized spacial score (nSPS) is 9.82. The number of benzene rings is 1. The lowest BCUT2D eigenvalue weighted by Gasteiger charge is -2.09. The quantitative estimate of drug-likeness (QED) is 0.834. The molecule has 0 saturated heterocycles. The van der Waals surface area contributed by atoms with Crippen LogP contribution in [-0.4, -0.2) is 18.4 Å². The summed E-state index contributed by atoms with van der Waals surface area (Å²) in [6, 6.07) is 5.91. The van der Waals surface area contributed by atoms with Gasteiger partial charge in [-0.15, -0.1) is 0 Å². The molecule has 0 bridgehead atoms. The summed E-state index contributed by atoms with van der Waals surface area (Å²) < 4.78 is 0. The van der Waals surface area contributed by atoms with Crippen LogP contribution in [0.3, 0.4) is 0 Å². The molecule has 1 aromatic rings. The average molecular weight is 234 g/mol. The molecule has 2 amide bonds. The fraction of sp³-hybridized carbons (Fsp3) is 0.385. The van der Waals surface area contributed by atoms with E-state index in [1.54, 1.807) is 0 Å². The van der Waals surface area contributed by atoms with Crippen LogP contribution in [0.25, 0.3) is 0 Å². The molecule has 1 aromatic carbocycles. The summed E-state index contributed by atoms with van der Waals surface area (Å²) in [6.45, 7) is 5.73. The van der Waals surface area contributed by atoms with Gasteiger partial charge >= 0.3 is 0 Å². The summed E-state index contributed by atoms with van der Waals surface area (Å²) >= 11 is 0. The highest BCUT2D eigenvalue weighted by atomic mass is 16.2. The second kappa shape index (κ2) is 6.03. The monoisotopic (exact) mass is 234 g/mol. The third kappa shape index (κ3) is 4.68. The Hall–Kier alpha value is -1.84. The smallest absolute Gasteiger partial charge is 0.226 e. The summed E-state index contributed by atoms with van der Waals surface area (Å²) in [7, 11) is 0. The molecule has 0 fully saturated rings. The van der Waals surface area contributed by atoms with Crippen LogP contribution < -0.4 is 10.6 Å². The Labute approximate surface area is 101 Å². The minimum atomic E-state index is -0.121. The van der Waals surface area contributed by atoms with Crippen molar-refractivity contribution in [2.45, 2.75) is 27.2 Å². The maximum absolute atomic E-state index is 11.6. The number of hydrogen-bond acceptors (Lipinski definition) is 2. The van der Waals surface area contributed by atoms with Crippen molar-refractivity contribution in [1.82, 2.24) is 5.32 Å².